The van der Waals surface area contributed by atoms with E-state index in [1.54, 1.807) is 29.4 Å². The number of benzene rings is 2. The molecule has 0 radical (unpaired) electrons. The van der Waals surface area contributed by atoms with Crippen LogP contribution in [0.25, 0.3) is 27.2 Å². The maximum Gasteiger partial charge on any atom is 0.416 e. The van der Waals surface area contributed by atoms with Crippen molar-refractivity contribution in [1.29, 1.82) is 0 Å². The summed E-state index contributed by atoms with van der Waals surface area (Å²) in [7, 11) is 0. The average Bonchev–Trinajstić information content (AvgIpc) is 3.57. The quantitative estimate of drug-likeness (QED) is 0.313. The number of aromatic nitrogens is 4. The van der Waals surface area contributed by atoms with E-state index in [9.17, 15) is 18.0 Å². The van der Waals surface area contributed by atoms with Crippen molar-refractivity contribution in [3.63, 3.8) is 0 Å². The van der Waals surface area contributed by atoms with Gasteiger partial charge in [-0.1, -0.05) is 24.3 Å². The van der Waals surface area contributed by atoms with Gasteiger partial charge in [-0.2, -0.15) is 18.3 Å². The van der Waals surface area contributed by atoms with Crippen LogP contribution < -0.4 is 10.5 Å². The molecule has 0 fully saturated rings. The smallest absolute Gasteiger partial charge is 0.416 e. The predicted octanol–water partition coefficient (Wildman–Crippen LogP) is 5.73. The third-order valence-corrected chi connectivity index (χ3v) is 6.66. The number of primary amides is 1. The van der Waals surface area contributed by atoms with E-state index in [0.29, 0.717) is 10.5 Å². The first-order valence-electron chi connectivity index (χ1n) is 10.5. The standard InChI is InChI=1S/C24H18F3N5O2S/c1-13(16-4-2-3-5-17(16)24(25,26)27)34-20-9-21(35-22(20)23(28)33)32-12-29-18-8-14(6-7-19(18)32)15-10-30-31-11-15/h2-13H,1H3,(H2,28,33)(H,30,31). The SMILES string of the molecule is CC(Oc1cc(-n2cnc3cc(-c4cn[nH]c4)ccc32)sc1C(N)=O)c1ccccc1C(F)(F)F. The molecule has 5 aromatic rings. The van der Waals surface area contributed by atoms with Crippen LogP contribution in [0.15, 0.2) is 67.3 Å². The van der Waals surface area contributed by atoms with Gasteiger partial charge in [0.15, 0.2) is 0 Å². The summed E-state index contributed by atoms with van der Waals surface area (Å²) < 4.78 is 48.0. The number of imidazole rings is 1. The molecule has 1 unspecified atom stereocenters. The number of alkyl halides is 3. The van der Waals surface area contributed by atoms with Crippen molar-refractivity contribution in [2.45, 2.75) is 19.2 Å². The van der Waals surface area contributed by atoms with Gasteiger partial charge in [-0.15, -0.1) is 11.3 Å². The molecule has 7 nitrogen and oxygen atoms in total. The van der Waals surface area contributed by atoms with E-state index in [1.807, 2.05) is 18.2 Å². The number of carbonyl (C=O) groups is 1. The number of hydrogen-bond acceptors (Lipinski definition) is 5. The summed E-state index contributed by atoms with van der Waals surface area (Å²) in [6, 6.07) is 12.5. The number of nitrogens with one attached hydrogen (secondary N) is 1. The highest BCUT2D eigenvalue weighted by Gasteiger charge is 2.35. The average molecular weight is 498 g/mol. The van der Waals surface area contributed by atoms with Crippen LogP contribution in [0.2, 0.25) is 0 Å². The first kappa shape index (κ1) is 22.7. The highest BCUT2D eigenvalue weighted by molar-refractivity contribution is 7.16. The molecule has 0 bridgehead atoms. The number of fused-ring (bicyclic) bond motifs is 1. The minimum Gasteiger partial charge on any atom is -0.484 e. The first-order valence-corrected chi connectivity index (χ1v) is 11.3. The number of carbonyl (C=O) groups excluding carboxylic acids is 1. The summed E-state index contributed by atoms with van der Waals surface area (Å²) in [5.74, 6) is -0.627. The molecular formula is C24H18F3N5O2S. The summed E-state index contributed by atoms with van der Waals surface area (Å²) in [6.07, 6.45) is -0.431. The van der Waals surface area contributed by atoms with E-state index in [2.05, 4.69) is 15.2 Å². The maximum absolute atomic E-state index is 13.5. The van der Waals surface area contributed by atoms with E-state index in [1.165, 1.54) is 25.1 Å². The number of amides is 1. The summed E-state index contributed by atoms with van der Waals surface area (Å²) in [4.78, 5) is 16.7. The number of halogens is 3. The van der Waals surface area contributed by atoms with E-state index in [-0.39, 0.29) is 16.2 Å². The molecule has 0 spiro atoms. The van der Waals surface area contributed by atoms with Crippen LogP contribution in [0, 0.1) is 0 Å². The molecule has 2 aromatic carbocycles. The normalized spacial score (nSPS) is 12.7. The van der Waals surface area contributed by atoms with Crippen molar-refractivity contribution in [3.05, 3.63) is 83.3 Å². The molecule has 3 heterocycles. The third kappa shape index (κ3) is 4.26. The van der Waals surface area contributed by atoms with Crippen LogP contribution in [0.3, 0.4) is 0 Å². The van der Waals surface area contributed by atoms with E-state index >= 15 is 0 Å². The molecule has 0 aliphatic rings. The zero-order chi connectivity index (χ0) is 24.7. The zero-order valence-electron chi connectivity index (χ0n) is 18.2. The Hall–Kier alpha value is -4.12. The minimum atomic E-state index is -4.54. The van der Waals surface area contributed by atoms with Gasteiger partial charge in [0.1, 0.15) is 28.1 Å². The lowest BCUT2D eigenvalue weighted by Gasteiger charge is -2.19. The van der Waals surface area contributed by atoms with Crippen LogP contribution in [-0.2, 0) is 6.18 Å². The summed E-state index contributed by atoms with van der Waals surface area (Å²) in [5, 5.41) is 7.31. The Morgan fingerprint density at radius 2 is 1.97 bits per heavy atom. The van der Waals surface area contributed by atoms with Crippen LogP contribution >= 0.6 is 11.3 Å². The Balaban J connectivity index is 1.50. The number of nitrogens with two attached hydrogens (primary N) is 1. The fourth-order valence-electron chi connectivity index (χ4n) is 3.88. The molecule has 35 heavy (non-hydrogen) atoms. The lowest BCUT2D eigenvalue weighted by molar-refractivity contribution is -0.138. The summed E-state index contributed by atoms with van der Waals surface area (Å²) in [6.45, 7) is 1.50. The number of nitrogens with zero attached hydrogens (tertiary/aromatic N) is 3. The maximum atomic E-state index is 13.5. The molecule has 0 aliphatic carbocycles. The second kappa shape index (κ2) is 8.58. The van der Waals surface area contributed by atoms with Gasteiger partial charge in [-0.25, -0.2) is 4.98 Å². The van der Waals surface area contributed by atoms with E-state index < -0.39 is 23.8 Å². The van der Waals surface area contributed by atoms with Crippen molar-refractivity contribution < 1.29 is 22.7 Å². The van der Waals surface area contributed by atoms with Crippen LogP contribution in [-0.4, -0.2) is 25.7 Å². The first-order chi connectivity index (χ1) is 16.7. The second-order valence-electron chi connectivity index (χ2n) is 7.79. The molecule has 11 heteroatoms. The Morgan fingerprint density at radius 3 is 2.69 bits per heavy atom. The van der Waals surface area contributed by atoms with E-state index in [0.717, 1.165) is 34.0 Å². The minimum absolute atomic E-state index is 0.0389. The lowest BCUT2D eigenvalue weighted by atomic mass is 10.0. The van der Waals surface area contributed by atoms with Gasteiger partial charge in [0.25, 0.3) is 5.91 Å². The van der Waals surface area contributed by atoms with Gasteiger partial charge >= 0.3 is 6.18 Å². The second-order valence-corrected chi connectivity index (χ2v) is 8.82. The topological polar surface area (TPSA) is 98.8 Å². The molecule has 178 valence electrons. The lowest BCUT2D eigenvalue weighted by Crippen LogP contribution is -2.15. The molecule has 3 aromatic heterocycles. The van der Waals surface area contributed by atoms with Crippen molar-refractivity contribution in [2.24, 2.45) is 5.73 Å². The molecule has 0 aliphatic heterocycles. The molecule has 0 saturated carbocycles. The summed E-state index contributed by atoms with van der Waals surface area (Å²) in [5.41, 5.74) is 8.06. The number of rotatable bonds is 6. The van der Waals surface area contributed by atoms with Gasteiger partial charge in [0.2, 0.25) is 0 Å². The van der Waals surface area contributed by atoms with Crippen LogP contribution in [0.5, 0.6) is 5.75 Å². The Morgan fingerprint density at radius 1 is 1.17 bits per heavy atom. The number of H-pyrrole nitrogens is 1. The van der Waals surface area contributed by atoms with Gasteiger partial charge in [-0.05, 0) is 30.7 Å². The van der Waals surface area contributed by atoms with Crippen molar-refractivity contribution in [2.75, 3.05) is 0 Å². The van der Waals surface area contributed by atoms with Crippen molar-refractivity contribution >= 4 is 28.3 Å². The molecule has 3 N–H and O–H groups in total. The zero-order valence-corrected chi connectivity index (χ0v) is 19.0. The fourth-order valence-corrected chi connectivity index (χ4v) is 4.81. The number of hydrogen-bond donors (Lipinski definition) is 2. The monoisotopic (exact) mass is 497 g/mol. The molecule has 1 amide bonds. The van der Waals surface area contributed by atoms with Crippen molar-refractivity contribution in [1.82, 2.24) is 19.7 Å². The number of ether oxygens (including phenoxy) is 1. The molecule has 5 rings (SSSR count). The van der Waals surface area contributed by atoms with E-state index in [4.69, 9.17) is 10.5 Å². The number of aromatic amines is 1. The van der Waals surface area contributed by atoms with Gasteiger partial charge in [0, 0.05) is 23.4 Å². The molecular weight excluding hydrogens is 479 g/mol. The molecule has 1 atom stereocenters. The molecule has 0 saturated heterocycles. The summed E-state index contributed by atoms with van der Waals surface area (Å²) >= 11 is 1.08. The predicted molar refractivity (Wildman–Crippen MR) is 126 cm³/mol. The third-order valence-electron chi connectivity index (χ3n) is 5.53. The fraction of sp³-hybridized carbons (Fsp3) is 0.125. The highest BCUT2D eigenvalue weighted by atomic mass is 32.1. The Labute approximate surface area is 201 Å². The van der Waals surface area contributed by atoms with Crippen LogP contribution in [0.4, 0.5) is 13.2 Å². The Kier molecular flexibility index (Phi) is 5.56. The van der Waals surface area contributed by atoms with Crippen LogP contribution in [0.1, 0.15) is 33.8 Å². The highest BCUT2D eigenvalue weighted by Crippen LogP contribution is 2.39. The largest absolute Gasteiger partial charge is 0.484 e. The van der Waals surface area contributed by atoms with Gasteiger partial charge in [0.05, 0.1) is 22.8 Å². The van der Waals surface area contributed by atoms with Gasteiger partial charge in [-0.3, -0.25) is 14.5 Å². The Bertz CT molecular complexity index is 1520. The number of thiophene rings is 1. The van der Waals surface area contributed by atoms with Gasteiger partial charge < -0.3 is 10.5 Å². The van der Waals surface area contributed by atoms with Crippen molar-refractivity contribution in [3.8, 4) is 21.9 Å².